The summed E-state index contributed by atoms with van der Waals surface area (Å²) >= 11 is 0. The molecule has 2 aromatic rings. The zero-order chi connectivity index (χ0) is 15.6. The Bertz CT molecular complexity index is 735. The fourth-order valence-electron chi connectivity index (χ4n) is 2.08. The predicted octanol–water partition coefficient (Wildman–Crippen LogP) is 2.03. The third kappa shape index (κ3) is 3.25. The number of nitrogens with one attached hydrogen (secondary N) is 1. The quantitative estimate of drug-likeness (QED) is 0.884. The maximum Gasteiger partial charge on any atom is 0.263 e. The molecule has 0 saturated heterocycles. The molecular formula is C14H20N4O2S. The average Bonchev–Trinajstić information content (AvgIpc) is 2.86. The minimum Gasteiger partial charge on any atom is -0.346 e. The highest BCUT2D eigenvalue weighted by Gasteiger charge is 2.20. The first-order chi connectivity index (χ1) is 9.85. The molecule has 2 aromatic heterocycles. The molecule has 7 heteroatoms. The molecule has 0 bridgehead atoms. The van der Waals surface area contributed by atoms with Gasteiger partial charge in [0.15, 0.2) is 0 Å². The fourth-order valence-corrected chi connectivity index (χ4v) is 3.25. The van der Waals surface area contributed by atoms with Crippen molar-refractivity contribution in [1.29, 1.82) is 0 Å². The normalized spacial score (nSPS) is 11.9. The van der Waals surface area contributed by atoms with Crippen LogP contribution >= 0.6 is 0 Å². The van der Waals surface area contributed by atoms with Gasteiger partial charge >= 0.3 is 0 Å². The minimum atomic E-state index is -3.65. The second-order valence-electron chi connectivity index (χ2n) is 5.11. The van der Waals surface area contributed by atoms with Crippen LogP contribution in [0.2, 0.25) is 0 Å². The van der Waals surface area contributed by atoms with Gasteiger partial charge in [-0.2, -0.15) is 0 Å². The molecular weight excluding hydrogens is 288 g/mol. The largest absolute Gasteiger partial charge is 0.346 e. The van der Waals surface area contributed by atoms with E-state index < -0.39 is 10.0 Å². The lowest BCUT2D eigenvalue weighted by atomic mass is 10.3. The van der Waals surface area contributed by atoms with Gasteiger partial charge in [0.1, 0.15) is 4.90 Å². The predicted molar refractivity (Wildman–Crippen MR) is 82.5 cm³/mol. The van der Waals surface area contributed by atoms with Gasteiger partial charge in [0, 0.05) is 30.7 Å². The Morgan fingerprint density at radius 1 is 1.43 bits per heavy atom. The third-order valence-electron chi connectivity index (χ3n) is 3.23. The van der Waals surface area contributed by atoms with Crippen LogP contribution in [0.15, 0.2) is 35.5 Å². The van der Waals surface area contributed by atoms with Crippen molar-refractivity contribution in [2.24, 2.45) is 5.73 Å². The Hall–Kier alpha value is -1.86. The highest BCUT2D eigenvalue weighted by atomic mass is 32.2. The summed E-state index contributed by atoms with van der Waals surface area (Å²) in [5, 5.41) is 0. The molecule has 114 valence electrons. The monoisotopic (exact) mass is 308 g/mol. The number of rotatable bonds is 5. The second kappa shape index (κ2) is 5.87. The topological polar surface area (TPSA) is 90.0 Å². The van der Waals surface area contributed by atoms with E-state index in [1.807, 2.05) is 18.4 Å². The summed E-state index contributed by atoms with van der Waals surface area (Å²) in [6, 6.07) is 5.12. The minimum absolute atomic E-state index is 0.146. The van der Waals surface area contributed by atoms with Gasteiger partial charge in [0.2, 0.25) is 0 Å². The fraction of sp³-hybridized carbons (Fsp3) is 0.357. The number of nitrogens with two attached hydrogens (primary N) is 1. The first kappa shape index (κ1) is 15.5. The highest BCUT2D eigenvalue weighted by molar-refractivity contribution is 7.92. The van der Waals surface area contributed by atoms with E-state index in [1.165, 1.54) is 0 Å². The van der Waals surface area contributed by atoms with Crippen molar-refractivity contribution in [3.63, 3.8) is 0 Å². The zero-order valence-corrected chi connectivity index (χ0v) is 13.2. The van der Waals surface area contributed by atoms with Crippen molar-refractivity contribution in [2.45, 2.75) is 38.3 Å². The van der Waals surface area contributed by atoms with E-state index >= 15 is 0 Å². The first-order valence-electron chi connectivity index (χ1n) is 6.70. The van der Waals surface area contributed by atoms with Crippen molar-refractivity contribution in [2.75, 3.05) is 4.72 Å². The molecule has 3 N–H and O–H groups in total. The third-order valence-corrected chi connectivity index (χ3v) is 4.57. The Labute approximate surface area is 125 Å². The smallest absolute Gasteiger partial charge is 0.263 e. The second-order valence-corrected chi connectivity index (χ2v) is 6.80. The van der Waals surface area contributed by atoms with Gasteiger partial charge in [-0.25, -0.2) is 8.42 Å². The summed E-state index contributed by atoms with van der Waals surface area (Å²) in [5.74, 6) is 0. The van der Waals surface area contributed by atoms with E-state index in [0.29, 0.717) is 17.9 Å². The summed E-state index contributed by atoms with van der Waals surface area (Å²) in [6.07, 6.45) is 3.23. The van der Waals surface area contributed by atoms with E-state index in [1.54, 1.807) is 37.5 Å². The van der Waals surface area contributed by atoms with E-state index in [-0.39, 0.29) is 10.9 Å². The van der Waals surface area contributed by atoms with E-state index in [2.05, 4.69) is 9.71 Å². The highest BCUT2D eigenvalue weighted by Crippen LogP contribution is 2.22. The van der Waals surface area contributed by atoms with Gasteiger partial charge in [-0.15, -0.1) is 0 Å². The van der Waals surface area contributed by atoms with Crippen LogP contribution in [0.4, 0.5) is 5.69 Å². The lowest BCUT2D eigenvalue weighted by Crippen LogP contribution is -2.13. The molecule has 0 aliphatic heterocycles. The Kier molecular flexibility index (Phi) is 4.34. The summed E-state index contributed by atoms with van der Waals surface area (Å²) in [5.41, 5.74) is 7.57. The number of hydrogen-bond acceptors (Lipinski definition) is 4. The van der Waals surface area contributed by atoms with E-state index in [9.17, 15) is 8.42 Å². The van der Waals surface area contributed by atoms with Crippen LogP contribution < -0.4 is 10.5 Å². The molecule has 2 heterocycles. The maximum atomic E-state index is 12.5. The van der Waals surface area contributed by atoms with Crippen LogP contribution in [0.3, 0.4) is 0 Å². The number of hydrogen-bond donors (Lipinski definition) is 2. The lowest BCUT2D eigenvalue weighted by Gasteiger charge is -2.11. The molecule has 0 amide bonds. The van der Waals surface area contributed by atoms with E-state index in [4.69, 9.17) is 5.73 Å². The Morgan fingerprint density at radius 3 is 2.67 bits per heavy atom. The van der Waals surface area contributed by atoms with Crippen LogP contribution in [0.25, 0.3) is 0 Å². The first-order valence-corrected chi connectivity index (χ1v) is 8.18. The number of pyridine rings is 1. The standard InChI is InChI=1S/C14H20N4O2S/c1-10(2)18-9-13(7-12(18)8-15)21(19,20)17-14-5-4-6-16-11(14)3/h4-7,9-10,17H,8,15H2,1-3H3. The Balaban J connectivity index is 2.38. The SMILES string of the molecule is Cc1ncccc1NS(=O)(=O)c1cc(CN)n(C(C)C)c1. The summed E-state index contributed by atoms with van der Waals surface area (Å²) in [7, 11) is -3.65. The molecule has 6 nitrogen and oxygen atoms in total. The number of sulfonamides is 1. The summed E-state index contributed by atoms with van der Waals surface area (Å²) in [6.45, 7) is 6.00. The molecule has 0 saturated carbocycles. The van der Waals surface area contributed by atoms with Crippen molar-refractivity contribution in [3.8, 4) is 0 Å². The molecule has 0 atom stereocenters. The summed E-state index contributed by atoms with van der Waals surface area (Å²) in [4.78, 5) is 4.28. The number of anilines is 1. The molecule has 0 aliphatic carbocycles. The van der Waals surface area contributed by atoms with Crippen LogP contribution in [-0.2, 0) is 16.6 Å². The van der Waals surface area contributed by atoms with Gasteiger partial charge in [-0.05, 0) is 39.0 Å². The maximum absolute atomic E-state index is 12.5. The molecule has 0 aliphatic rings. The Morgan fingerprint density at radius 2 is 2.14 bits per heavy atom. The van der Waals surface area contributed by atoms with Gasteiger partial charge < -0.3 is 10.3 Å². The molecule has 0 radical (unpaired) electrons. The van der Waals surface area contributed by atoms with Crippen LogP contribution in [0, 0.1) is 6.92 Å². The lowest BCUT2D eigenvalue weighted by molar-refractivity contribution is 0.573. The molecule has 0 fully saturated rings. The van der Waals surface area contributed by atoms with Crippen molar-refractivity contribution in [1.82, 2.24) is 9.55 Å². The molecule has 0 spiro atoms. The van der Waals surface area contributed by atoms with Gasteiger partial charge in [-0.1, -0.05) is 0 Å². The number of aromatic nitrogens is 2. The number of nitrogens with zero attached hydrogens (tertiary/aromatic N) is 2. The van der Waals surface area contributed by atoms with E-state index in [0.717, 1.165) is 5.69 Å². The molecule has 0 unspecified atom stereocenters. The number of aryl methyl sites for hydroxylation is 1. The molecule has 2 rings (SSSR count). The van der Waals surface area contributed by atoms with Crippen molar-refractivity contribution < 1.29 is 8.42 Å². The molecule has 21 heavy (non-hydrogen) atoms. The van der Waals surface area contributed by atoms with Gasteiger partial charge in [-0.3, -0.25) is 9.71 Å². The van der Waals surface area contributed by atoms with Crippen LogP contribution in [-0.4, -0.2) is 18.0 Å². The zero-order valence-electron chi connectivity index (χ0n) is 12.4. The van der Waals surface area contributed by atoms with Crippen molar-refractivity contribution in [3.05, 3.63) is 42.0 Å². The molecule has 0 aromatic carbocycles. The van der Waals surface area contributed by atoms with Crippen LogP contribution in [0.5, 0.6) is 0 Å². The summed E-state index contributed by atoms with van der Waals surface area (Å²) < 4.78 is 29.4. The van der Waals surface area contributed by atoms with Gasteiger partial charge in [0.05, 0.1) is 11.4 Å². The average molecular weight is 308 g/mol. The van der Waals surface area contributed by atoms with Crippen molar-refractivity contribution >= 4 is 15.7 Å². The van der Waals surface area contributed by atoms with Gasteiger partial charge in [0.25, 0.3) is 10.0 Å². The van der Waals surface area contributed by atoms with Crippen LogP contribution in [0.1, 0.15) is 31.3 Å².